The fraction of sp³-hybridized carbons (Fsp3) is 0.250. The number of methoxy groups -OCH3 is 1. The maximum atomic E-state index is 12.6. The quantitative estimate of drug-likeness (QED) is 0.376. The number of fused-ring (bicyclic) bond motifs is 1. The first-order chi connectivity index (χ1) is 17.0. The molecule has 0 aliphatic rings. The van der Waals surface area contributed by atoms with Crippen LogP contribution in [0.1, 0.15) is 40.3 Å². The molecule has 11 nitrogen and oxygen atoms in total. The van der Waals surface area contributed by atoms with Crippen LogP contribution in [0.5, 0.6) is 5.75 Å². The van der Waals surface area contributed by atoms with Gasteiger partial charge in [-0.2, -0.15) is 9.78 Å². The van der Waals surface area contributed by atoms with Crippen molar-refractivity contribution in [3.63, 3.8) is 0 Å². The van der Waals surface area contributed by atoms with E-state index >= 15 is 0 Å². The number of carbonyl (C=O) groups is 2. The van der Waals surface area contributed by atoms with Crippen molar-refractivity contribution in [2.24, 2.45) is 0 Å². The number of hydrogen-bond donors (Lipinski definition) is 1. The summed E-state index contributed by atoms with van der Waals surface area (Å²) in [6, 6.07) is 10.6. The first kappa shape index (κ1) is 23.6. The first-order valence-electron chi connectivity index (χ1n) is 10.9. The number of pyridine rings is 1. The molecule has 1 aromatic carbocycles. The summed E-state index contributed by atoms with van der Waals surface area (Å²) in [5.74, 6) is 0.484. The molecule has 0 saturated heterocycles. The van der Waals surface area contributed by atoms with E-state index in [4.69, 9.17) is 19.2 Å². The number of ether oxygens (including phenoxy) is 3. The van der Waals surface area contributed by atoms with E-state index in [0.717, 1.165) is 10.9 Å². The summed E-state index contributed by atoms with van der Waals surface area (Å²) in [6.45, 7) is 5.80. The highest BCUT2D eigenvalue weighted by Gasteiger charge is 2.22. The van der Waals surface area contributed by atoms with Crippen LogP contribution in [-0.4, -0.2) is 57.2 Å². The molecule has 4 rings (SSSR count). The van der Waals surface area contributed by atoms with Crippen molar-refractivity contribution in [2.75, 3.05) is 25.6 Å². The Balaban J connectivity index is 1.79. The minimum Gasteiger partial charge on any atom is -0.494 e. The van der Waals surface area contributed by atoms with Gasteiger partial charge in [-0.25, -0.2) is 14.6 Å². The zero-order valence-electron chi connectivity index (χ0n) is 19.7. The lowest BCUT2D eigenvalue weighted by molar-refractivity contribution is 0.0512. The predicted octanol–water partition coefficient (Wildman–Crippen LogP) is 3.62. The van der Waals surface area contributed by atoms with E-state index in [0.29, 0.717) is 17.1 Å². The van der Waals surface area contributed by atoms with Crippen LogP contribution >= 0.6 is 0 Å². The molecular formula is C24H24N6O5. The number of hydrogen-bond acceptors (Lipinski definition) is 10. The number of rotatable bonds is 8. The Morgan fingerprint density at radius 3 is 2.49 bits per heavy atom. The molecule has 0 bridgehead atoms. The summed E-state index contributed by atoms with van der Waals surface area (Å²) >= 11 is 0. The molecule has 4 aromatic rings. The van der Waals surface area contributed by atoms with Gasteiger partial charge in [-0.05, 0) is 50.6 Å². The summed E-state index contributed by atoms with van der Waals surface area (Å²) < 4.78 is 17.1. The van der Waals surface area contributed by atoms with Gasteiger partial charge in [0, 0.05) is 5.39 Å². The lowest BCUT2D eigenvalue weighted by Gasteiger charge is -2.13. The second kappa shape index (κ2) is 10.2. The lowest BCUT2D eigenvalue weighted by atomic mass is 10.1. The third kappa shape index (κ3) is 4.74. The van der Waals surface area contributed by atoms with Crippen LogP contribution in [-0.2, 0) is 9.47 Å². The molecule has 180 valence electrons. The van der Waals surface area contributed by atoms with Crippen molar-refractivity contribution in [3.05, 3.63) is 59.4 Å². The number of nitrogens with zero attached hydrogens (tertiary/aromatic N) is 5. The molecule has 0 aliphatic carbocycles. The Bertz CT molecular complexity index is 1380. The minimum absolute atomic E-state index is 0.0652. The smallest absolute Gasteiger partial charge is 0.358 e. The Labute approximate surface area is 201 Å². The number of aromatic nitrogens is 5. The van der Waals surface area contributed by atoms with Crippen LogP contribution in [0.15, 0.2) is 42.6 Å². The monoisotopic (exact) mass is 476 g/mol. The number of nitrogens with one attached hydrogen (secondary N) is 1. The number of anilines is 2. The highest BCUT2D eigenvalue weighted by Crippen LogP contribution is 2.30. The number of carbonyl (C=O) groups excluding carboxylic acids is 2. The van der Waals surface area contributed by atoms with Crippen molar-refractivity contribution in [2.45, 2.75) is 20.8 Å². The van der Waals surface area contributed by atoms with Gasteiger partial charge in [-0.1, -0.05) is 12.1 Å². The molecule has 0 radical (unpaired) electrons. The molecule has 1 N–H and O–H groups in total. The van der Waals surface area contributed by atoms with Crippen LogP contribution < -0.4 is 10.1 Å². The van der Waals surface area contributed by atoms with E-state index in [1.54, 1.807) is 27.0 Å². The van der Waals surface area contributed by atoms with E-state index in [9.17, 15) is 9.59 Å². The summed E-state index contributed by atoms with van der Waals surface area (Å²) in [6.07, 6.45) is 1.39. The fourth-order valence-electron chi connectivity index (χ4n) is 3.48. The Kier molecular flexibility index (Phi) is 6.86. The van der Waals surface area contributed by atoms with Crippen molar-refractivity contribution < 1.29 is 23.8 Å². The average Bonchev–Trinajstić information content (AvgIpc) is 3.28. The van der Waals surface area contributed by atoms with E-state index in [1.807, 2.05) is 31.2 Å². The Morgan fingerprint density at radius 1 is 1.03 bits per heavy atom. The topological polar surface area (TPSA) is 130 Å². The van der Waals surface area contributed by atoms with Gasteiger partial charge >= 0.3 is 11.9 Å². The highest BCUT2D eigenvalue weighted by atomic mass is 16.5. The number of benzene rings is 1. The standard InChI is InChI=1S/C24H24N6O5/c1-5-34-23(31)16-13-25-30(20-12-14(3)15-8-7-9-18(33-4)21(15)27-20)22(16)26-19-11-10-17(28-29-19)24(32)35-6-2/h7-13H,5-6H2,1-4H3,(H,26,29). The van der Waals surface area contributed by atoms with Crippen molar-refractivity contribution >= 4 is 34.5 Å². The van der Waals surface area contributed by atoms with Crippen LogP contribution in [0.2, 0.25) is 0 Å². The molecule has 0 spiro atoms. The molecule has 11 heteroatoms. The van der Waals surface area contributed by atoms with E-state index in [-0.39, 0.29) is 36.1 Å². The summed E-state index contributed by atoms with van der Waals surface area (Å²) in [5, 5.41) is 16.3. The maximum Gasteiger partial charge on any atom is 0.358 e. The van der Waals surface area contributed by atoms with E-state index in [2.05, 4.69) is 20.6 Å². The Morgan fingerprint density at radius 2 is 1.80 bits per heavy atom. The Hall–Kier alpha value is -4.54. The molecule has 0 fully saturated rings. The van der Waals surface area contributed by atoms with Crippen molar-refractivity contribution in [1.82, 2.24) is 25.0 Å². The molecule has 3 aromatic heterocycles. The normalized spacial score (nSPS) is 10.7. The van der Waals surface area contributed by atoms with Gasteiger partial charge in [0.1, 0.15) is 16.8 Å². The largest absolute Gasteiger partial charge is 0.494 e. The van der Waals surface area contributed by atoms with Gasteiger partial charge in [0.25, 0.3) is 0 Å². The second-order valence-corrected chi connectivity index (χ2v) is 7.34. The molecular weight excluding hydrogens is 452 g/mol. The maximum absolute atomic E-state index is 12.6. The van der Waals surface area contributed by atoms with E-state index < -0.39 is 11.9 Å². The third-order valence-electron chi connectivity index (χ3n) is 5.09. The van der Waals surface area contributed by atoms with Crippen molar-refractivity contribution in [3.8, 4) is 11.6 Å². The molecule has 3 heterocycles. The summed E-state index contributed by atoms with van der Waals surface area (Å²) in [4.78, 5) is 29.3. The van der Waals surface area contributed by atoms with Crippen molar-refractivity contribution in [1.29, 1.82) is 0 Å². The highest BCUT2D eigenvalue weighted by molar-refractivity contribution is 5.96. The summed E-state index contributed by atoms with van der Waals surface area (Å²) in [5.41, 5.74) is 1.85. The molecule has 0 amide bonds. The van der Waals surface area contributed by atoms with Gasteiger partial charge < -0.3 is 19.5 Å². The molecule has 35 heavy (non-hydrogen) atoms. The molecule has 0 unspecified atom stereocenters. The van der Waals surface area contributed by atoms with Gasteiger partial charge in [0.05, 0.1) is 26.5 Å². The van der Waals surface area contributed by atoms with E-state index in [1.165, 1.54) is 16.9 Å². The predicted molar refractivity (Wildman–Crippen MR) is 127 cm³/mol. The third-order valence-corrected chi connectivity index (χ3v) is 5.09. The lowest BCUT2D eigenvalue weighted by Crippen LogP contribution is -2.12. The van der Waals surface area contributed by atoms with Crippen LogP contribution in [0.3, 0.4) is 0 Å². The number of esters is 2. The molecule has 0 saturated carbocycles. The van der Waals surface area contributed by atoms with Gasteiger partial charge in [-0.15, -0.1) is 10.2 Å². The van der Waals surface area contributed by atoms with Gasteiger partial charge in [0.15, 0.2) is 23.1 Å². The minimum atomic E-state index is -0.575. The fourth-order valence-corrected chi connectivity index (χ4v) is 3.48. The zero-order valence-corrected chi connectivity index (χ0v) is 19.7. The zero-order chi connectivity index (χ0) is 24.9. The summed E-state index contributed by atoms with van der Waals surface area (Å²) in [7, 11) is 1.58. The van der Waals surface area contributed by atoms with Crippen LogP contribution in [0.4, 0.5) is 11.6 Å². The molecule has 0 atom stereocenters. The second-order valence-electron chi connectivity index (χ2n) is 7.34. The molecule has 0 aliphatic heterocycles. The van der Waals surface area contributed by atoms with Crippen LogP contribution in [0, 0.1) is 6.92 Å². The van der Waals surface area contributed by atoms with Crippen LogP contribution in [0.25, 0.3) is 16.7 Å². The first-order valence-corrected chi connectivity index (χ1v) is 10.9. The van der Waals surface area contributed by atoms with Gasteiger partial charge in [0.2, 0.25) is 0 Å². The average molecular weight is 476 g/mol. The SMILES string of the molecule is CCOC(=O)c1ccc(Nc2c(C(=O)OCC)cnn2-c2cc(C)c3cccc(OC)c3n2)nn1. The number of aryl methyl sites for hydroxylation is 1. The van der Waals surface area contributed by atoms with Gasteiger partial charge in [-0.3, -0.25) is 0 Å². The number of para-hydroxylation sites is 1.